The first-order chi connectivity index (χ1) is 10.9. The molecule has 3 rings (SSSR count). The largest absolute Gasteiger partial charge is 0.506 e. The van der Waals surface area contributed by atoms with Crippen LogP contribution in [0.4, 0.5) is 0 Å². The zero-order chi connectivity index (χ0) is 16.6. The van der Waals surface area contributed by atoms with Crippen LogP contribution in [0.3, 0.4) is 0 Å². The predicted octanol–water partition coefficient (Wildman–Crippen LogP) is 4.03. The van der Waals surface area contributed by atoms with Crippen LogP contribution in [0.5, 0.6) is 11.5 Å². The fourth-order valence-corrected chi connectivity index (χ4v) is 2.66. The van der Waals surface area contributed by atoms with Gasteiger partial charge in [0.25, 0.3) is 0 Å². The van der Waals surface area contributed by atoms with E-state index < -0.39 is 11.6 Å². The van der Waals surface area contributed by atoms with Gasteiger partial charge < -0.3 is 14.6 Å². The number of rotatable bonds is 2. The van der Waals surface area contributed by atoms with Gasteiger partial charge in [0.1, 0.15) is 22.7 Å². The summed E-state index contributed by atoms with van der Waals surface area (Å²) in [6, 6.07) is 11.2. The van der Waals surface area contributed by atoms with Crippen molar-refractivity contribution in [2.24, 2.45) is 0 Å². The second-order valence-corrected chi connectivity index (χ2v) is 5.96. The Balaban J connectivity index is 2.29. The van der Waals surface area contributed by atoms with E-state index in [0.29, 0.717) is 16.9 Å². The van der Waals surface area contributed by atoms with E-state index in [1.165, 1.54) is 7.11 Å². The standard InChI is InChI=1S/C19H18O4/c1-19(2)10-9-13-15(23-19)11-14(12-7-5-4-6-8-12)16(17(13)20)18(21)22-3/h4-11,20H,1-3H3. The zero-order valence-corrected chi connectivity index (χ0v) is 13.3. The van der Waals surface area contributed by atoms with E-state index in [9.17, 15) is 9.90 Å². The summed E-state index contributed by atoms with van der Waals surface area (Å²) < 4.78 is 10.8. The van der Waals surface area contributed by atoms with Gasteiger partial charge in [-0.1, -0.05) is 30.3 Å². The predicted molar refractivity (Wildman–Crippen MR) is 88.6 cm³/mol. The lowest BCUT2D eigenvalue weighted by molar-refractivity contribution is 0.0598. The molecule has 1 aliphatic rings. The normalized spacial score (nSPS) is 14.7. The van der Waals surface area contributed by atoms with Crippen molar-refractivity contribution in [3.05, 3.63) is 53.6 Å². The van der Waals surface area contributed by atoms with Crippen LogP contribution in [0.15, 0.2) is 42.5 Å². The minimum absolute atomic E-state index is 0.125. The first-order valence-electron chi connectivity index (χ1n) is 7.35. The molecular weight excluding hydrogens is 292 g/mol. The van der Waals surface area contributed by atoms with Gasteiger partial charge in [0.2, 0.25) is 0 Å². The molecule has 0 amide bonds. The third-order valence-corrected chi connectivity index (χ3v) is 3.80. The van der Waals surface area contributed by atoms with Crippen LogP contribution < -0.4 is 4.74 Å². The summed E-state index contributed by atoms with van der Waals surface area (Å²) in [5, 5.41) is 10.6. The molecule has 0 saturated carbocycles. The van der Waals surface area contributed by atoms with E-state index in [-0.39, 0.29) is 11.3 Å². The molecule has 23 heavy (non-hydrogen) atoms. The van der Waals surface area contributed by atoms with E-state index in [1.54, 1.807) is 12.1 Å². The first kappa shape index (κ1) is 15.2. The summed E-state index contributed by atoms with van der Waals surface area (Å²) in [5.74, 6) is -0.163. The van der Waals surface area contributed by atoms with Crippen LogP contribution in [0, 0.1) is 0 Å². The van der Waals surface area contributed by atoms with Crippen LogP contribution in [-0.4, -0.2) is 23.8 Å². The van der Waals surface area contributed by atoms with Crippen molar-refractivity contribution < 1.29 is 19.4 Å². The number of carbonyl (C=O) groups is 1. The topological polar surface area (TPSA) is 55.8 Å². The second kappa shape index (κ2) is 5.47. The van der Waals surface area contributed by atoms with Gasteiger partial charge in [0, 0.05) is 5.56 Å². The number of aromatic hydroxyl groups is 1. The van der Waals surface area contributed by atoms with Crippen LogP contribution in [0.2, 0.25) is 0 Å². The van der Waals surface area contributed by atoms with Crippen molar-refractivity contribution in [1.29, 1.82) is 0 Å². The summed E-state index contributed by atoms with van der Waals surface area (Å²) in [7, 11) is 1.30. The first-order valence-corrected chi connectivity index (χ1v) is 7.35. The molecule has 4 heteroatoms. The smallest absolute Gasteiger partial charge is 0.342 e. The Morgan fingerprint density at radius 3 is 2.57 bits per heavy atom. The molecule has 0 saturated heterocycles. The van der Waals surface area contributed by atoms with Crippen molar-refractivity contribution >= 4 is 12.0 Å². The van der Waals surface area contributed by atoms with Gasteiger partial charge in [-0.3, -0.25) is 0 Å². The van der Waals surface area contributed by atoms with E-state index >= 15 is 0 Å². The number of methoxy groups -OCH3 is 1. The van der Waals surface area contributed by atoms with E-state index in [4.69, 9.17) is 9.47 Å². The maximum absolute atomic E-state index is 12.2. The van der Waals surface area contributed by atoms with Gasteiger partial charge in [-0.15, -0.1) is 0 Å². The fraction of sp³-hybridized carbons (Fsp3) is 0.211. The molecule has 2 aromatic rings. The van der Waals surface area contributed by atoms with Crippen LogP contribution in [0.25, 0.3) is 17.2 Å². The minimum atomic E-state index is -0.581. The summed E-state index contributed by atoms with van der Waals surface area (Å²) >= 11 is 0. The lowest BCUT2D eigenvalue weighted by atomic mass is 9.93. The molecule has 0 fully saturated rings. The summed E-state index contributed by atoms with van der Waals surface area (Å²) in [6.45, 7) is 3.86. The van der Waals surface area contributed by atoms with Crippen molar-refractivity contribution in [3.8, 4) is 22.6 Å². The van der Waals surface area contributed by atoms with Gasteiger partial charge in [-0.05, 0) is 37.6 Å². The average Bonchev–Trinajstić information content (AvgIpc) is 2.53. The quantitative estimate of drug-likeness (QED) is 0.851. The van der Waals surface area contributed by atoms with Crippen molar-refractivity contribution in [2.45, 2.75) is 19.4 Å². The third-order valence-electron chi connectivity index (χ3n) is 3.80. The molecule has 2 aromatic carbocycles. The van der Waals surface area contributed by atoms with Gasteiger partial charge in [0.15, 0.2) is 0 Å². The molecule has 0 atom stereocenters. The van der Waals surface area contributed by atoms with Crippen LogP contribution >= 0.6 is 0 Å². The molecule has 0 bridgehead atoms. The number of esters is 1. The molecule has 0 aliphatic carbocycles. The van der Waals surface area contributed by atoms with Crippen molar-refractivity contribution in [3.63, 3.8) is 0 Å². The minimum Gasteiger partial charge on any atom is -0.506 e. The van der Waals surface area contributed by atoms with E-state index in [2.05, 4.69) is 0 Å². The highest BCUT2D eigenvalue weighted by Gasteiger charge is 2.29. The number of phenolic OH excluding ortho intramolecular Hbond substituents is 1. The lowest BCUT2D eigenvalue weighted by Crippen LogP contribution is -2.27. The van der Waals surface area contributed by atoms with Gasteiger partial charge in [-0.25, -0.2) is 4.79 Å². The summed E-state index contributed by atoms with van der Waals surface area (Å²) in [4.78, 5) is 12.2. The number of fused-ring (bicyclic) bond motifs is 1. The Hall–Kier alpha value is -2.75. The third kappa shape index (κ3) is 2.68. The number of ether oxygens (including phenoxy) is 2. The summed E-state index contributed by atoms with van der Waals surface area (Å²) in [5.41, 5.74) is 1.55. The number of carbonyl (C=O) groups excluding carboxylic acids is 1. The second-order valence-electron chi connectivity index (χ2n) is 5.96. The molecule has 0 radical (unpaired) electrons. The molecule has 0 unspecified atom stereocenters. The molecule has 1 aliphatic heterocycles. The number of phenols is 1. The van der Waals surface area contributed by atoms with Crippen molar-refractivity contribution in [2.75, 3.05) is 7.11 Å². The Morgan fingerprint density at radius 1 is 1.22 bits per heavy atom. The van der Waals surface area contributed by atoms with Gasteiger partial charge >= 0.3 is 5.97 Å². The SMILES string of the molecule is COC(=O)c1c(-c2ccccc2)cc2c(c1O)C=CC(C)(C)O2. The van der Waals surface area contributed by atoms with Crippen LogP contribution in [-0.2, 0) is 4.74 Å². The number of benzene rings is 2. The Morgan fingerprint density at radius 2 is 1.91 bits per heavy atom. The Labute approximate surface area is 135 Å². The van der Waals surface area contributed by atoms with Gasteiger partial charge in [-0.2, -0.15) is 0 Å². The molecule has 0 aromatic heterocycles. The molecule has 0 spiro atoms. The fourth-order valence-electron chi connectivity index (χ4n) is 2.66. The highest BCUT2D eigenvalue weighted by molar-refractivity contribution is 6.02. The monoisotopic (exact) mass is 310 g/mol. The van der Waals surface area contributed by atoms with Crippen LogP contribution in [0.1, 0.15) is 29.8 Å². The maximum atomic E-state index is 12.2. The highest BCUT2D eigenvalue weighted by Crippen LogP contribution is 2.43. The average molecular weight is 310 g/mol. The maximum Gasteiger partial charge on any atom is 0.342 e. The van der Waals surface area contributed by atoms with E-state index in [0.717, 1.165) is 5.56 Å². The number of hydrogen-bond donors (Lipinski definition) is 1. The molecule has 1 N–H and O–H groups in total. The summed E-state index contributed by atoms with van der Waals surface area (Å²) in [6.07, 6.45) is 3.62. The Bertz CT molecular complexity index is 789. The zero-order valence-electron chi connectivity index (χ0n) is 13.3. The molecule has 118 valence electrons. The molecular formula is C19H18O4. The molecule has 1 heterocycles. The molecule has 4 nitrogen and oxygen atoms in total. The lowest BCUT2D eigenvalue weighted by Gasteiger charge is -2.29. The highest BCUT2D eigenvalue weighted by atomic mass is 16.5. The number of hydrogen-bond acceptors (Lipinski definition) is 4. The van der Waals surface area contributed by atoms with Crippen molar-refractivity contribution in [1.82, 2.24) is 0 Å². The van der Waals surface area contributed by atoms with E-state index in [1.807, 2.05) is 50.3 Å². The Kier molecular flexibility index (Phi) is 3.60. The van der Waals surface area contributed by atoms with Gasteiger partial charge in [0.05, 0.1) is 12.7 Å².